The quantitative estimate of drug-likeness (QED) is 0.191. The Kier molecular flexibility index (Phi) is 8.19. The Morgan fingerprint density at radius 1 is 0.956 bits per heavy atom. The van der Waals surface area contributed by atoms with E-state index in [2.05, 4.69) is 32.7 Å². The van der Waals surface area contributed by atoms with Crippen LogP contribution >= 0.6 is 11.3 Å². The Morgan fingerprint density at radius 3 is 2.58 bits per heavy atom. The number of hydrogen-bond acceptors (Lipinski definition) is 9. The number of hydrogen-bond donors (Lipinski definition) is 2. The molecule has 1 saturated heterocycles. The number of nitrogens with zero attached hydrogens (tertiary/aromatic N) is 5. The first-order valence-electron chi connectivity index (χ1n) is 14.6. The first-order chi connectivity index (χ1) is 22.2. The van der Waals surface area contributed by atoms with Gasteiger partial charge in [0, 0.05) is 60.6 Å². The van der Waals surface area contributed by atoms with Crippen molar-refractivity contribution in [1.29, 1.82) is 0 Å². The van der Waals surface area contributed by atoms with Crippen molar-refractivity contribution in [1.82, 2.24) is 19.4 Å². The highest BCUT2D eigenvalue weighted by Gasteiger charge is 2.22. The molecule has 3 aromatic heterocycles. The number of aromatic nitrogens is 4. The highest BCUT2D eigenvalue weighted by molar-refractivity contribution is 7.15. The zero-order chi connectivity index (χ0) is 30.6. The standard InChI is InChI=1S/C34H31N7O3S/c1-43-31(23-6-3-2-4-7-23)32(42)36-26-9-5-8-24(22-26)29-30(41-18-21-45-34(41)39-29)28-14-15-35-33(38-28)37-25-10-12-27(13-11-25)40-16-19-44-20-17-40/h2-15,18,21-22,31H,16-17,19-20H2,1H3,(H,36,42)(H,35,37,38)/t31-/m1/s1. The van der Waals surface area contributed by atoms with E-state index in [0.29, 0.717) is 11.6 Å². The molecule has 226 valence electrons. The number of nitrogens with one attached hydrogen (secondary N) is 2. The summed E-state index contributed by atoms with van der Waals surface area (Å²) in [4.78, 5) is 30.7. The average Bonchev–Trinajstić information content (AvgIpc) is 3.69. The Balaban J connectivity index is 1.15. The van der Waals surface area contributed by atoms with E-state index in [4.69, 9.17) is 19.4 Å². The SMILES string of the molecule is CO[C@@H](C(=O)Nc1cccc(-c2nc3sccn3c2-c2ccnc(Nc3ccc(N4CCOCC4)cc3)n2)c1)c1ccccc1. The Morgan fingerprint density at radius 2 is 1.78 bits per heavy atom. The third-order valence-electron chi connectivity index (χ3n) is 7.64. The number of anilines is 4. The van der Waals surface area contributed by atoms with Crippen molar-refractivity contribution in [2.24, 2.45) is 0 Å². The number of thiazole rings is 1. The van der Waals surface area contributed by atoms with Crippen molar-refractivity contribution in [3.8, 4) is 22.6 Å². The molecule has 4 heterocycles. The topological polar surface area (TPSA) is 106 Å². The van der Waals surface area contributed by atoms with Gasteiger partial charge in [-0.15, -0.1) is 11.3 Å². The predicted molar refractivity (Wildman–Crippen MR) is 177 cm³/mol. The van der Waals surface area contributed by atoms with Crippen LogP contribution in [0.1, 0.15) is 11.7 Å². The van der Waals surface area contributed by atoms with Crippen molar-refractivity contribution in [3.63, 3.8) is 0 Å². The summed E-state index contributed by atoms with van der Waals surface area (Å²) >= 11 is 1.55. The molecule has 45 heavy (non-hydrogen) atoms. The minimum Gasteiger partial charge on any atom is -0.378 e. The van der Waals surface area contributed by atoms with Crippen LogP contribution in [0, 0.1) is 0 Å². The summed E-state index contributed by atoms with van der Waals surface area (Å²) in [7, 11) is 1.53. The zero-order valence-corrected chi connectivity index (χ0v) is 25.4. The molecular formula is C34H31N7O3S. The van der Waals surface area contributed by atoms with Gasteiger partial charge in [0.2, 0.25) is 5.95 Å². The molecule has 1 fully saturated rings. The summed E-state index contributed by atoms with van der Waals surface area (Å²) in [5, 5.41) is 8.35. The molecule has 7 rings (SSSR count). The minimum absolute atomic E-state index is 0.253. The number of rotatable bonds is 9. The van der Waals surface area contributed by atoms with Crippen molar-refractivity contribution in [2.45, 2.75) is 6.10 Å². The van der Waals surface area contributed by atoms with Gasteiger partial charge in [0.25, 0.3) is 5.91 Å². The van der Waals surface area contributed by atoms with E-state index in [1.165, 1.54) is 12.8 Å². The number of imidazole rings is 1. The van der Waals surface area contributed by atoms with Gasteiger partial charge in [-0.25, -0.2) is 15.0 Å². The van der Waals surface area contributed by atoms with Crippen LogP contribution in [0.15, 0.2) is 103 Å². The Bertz CT molecular complexity index is 1920. The summed E-state index contributed by atoms with van der Waals surface area (Å²) in [5.41, 5.74) is 6.64. The first-order valence-corrected chi connectivity index (χ1v) is 15.5. The lowest BCUT2D eigenvalue weighted by atomic mass is 10.1. The average molecular weight is 618 g/mol. The fraction of sp³-hybridized carbons (Fsp3) is 0.176. The molecule has 1 aliphatic heterocycles. The number of morpholine rings is 1. The lowest BCUT2D eigenvalue weighted by Crippen LogP contribution is -2.36. The van der Waals surface area contributed by atoms with E-state index >= 15 is 0 Å². The molecule has 1 amide bonds. The van der Waals surface area contributed by atoms with Crippen molar-refractivity contribution in [3.05, 3.63) is 108 Å². The molecule has 10 nitrogen and oxygen atoms in total. The monoisotopic (exact) mass is 617 g/mol. The summed E-state index contributed by atoms with van der Waals surface area (Å²) in [6.07, 6.45) is 3.00. The summed E-state index contributed by atoms with van der Waals surface area (Å²) in [6.45, 7) is 3.27. The van der Waals surface area contributed by atoms with Crippen LogP contribution < -0.4 is 15.5 Å². The maximum atomic E-state index is 13.2. The van der Waals surface area contributed by atoms with E-state index in [9.17, 15) is 4.79 Å². The van der Waals surface area contributed by atoms with Crippen molar-refractivity contribution < 1.29 is 14.3 Å². The molecular weight excluding hydrogens is 586 g/mol. The molecule has 0 spiro atoms. The fourth-order valence-corrected chi connectivity index (χ4v) is 6.18. The number of carbonyl (C=O) groups excluding carboxylic acids is 1. The molecule has 0 unspecified atom stereocenters. The second-order valence-electron chi connectivity index (χ2n) is 10.5. The molecule has 0 saturated carbocycles. The van der Waals surface area contributed by atoms with Crippen LogP contribution in [0.25, 0.3) is 27.6 Å². The molecule has 1 aliphatic rings. The Labute approximate surface area is 264 Å². The third kappa shape index (κ3) is 6.14. The maximum absolute atomic E-state index is 13.2. The minimum atomic E-state index is -0.731. The number of ether oxygens (including phenoxy) is 2. The molecule has 1 atom stereocenters. The van der Waals surface area contributed by atoms with Gasteiger partial charge in [-0.2, -0.15) is 0 Å². The van der Waals surface area contributed by atoms with Crippen LogP contribution in [0.3, 0.4) is 0 Å². The number of benzene rings is 3. The number of fused-ring (bicyclic) bond motifs is 1. The maximum Gasteiger partial charge on any atom is 0.258 e. The van der Waals surface area contributed by atoms with E-state index in [1.807, 2.05) is 88.8 Å². The smallest absolute Gasteiger partial charge is 0.258 e. The van der Waals surface area contributed by atoms with Crippen LogP contribution in [0.2, 0.25) is 0 Å². The van der Waals surface area contributed by atoms with Gasteiger partial charge in [0.15, 0.2) is 11.1 Å². The fourth-order valence-electron chi connectivity index (χ4n) is 5.46. The number of methoxy groups -OCH3 is 1. The van der Waals surface area contributed by atoms with Crippen LogP contribution in [0.5, 0.6) is 0 Å². The van der Waals surface area contributed by atoms with Gasteiger partial charge >= 0.3 is 0 Å². The molecule has 0 aliphatic carbocycles. The van der Waals surface area contributed by atoms with Gasteiger partial charge in [-0.3, -0.25) is 9.20 Å². The molecule has 11 heteroatoms. The second kappa shape index (κ2) is 12.9. The van der Waals surface area contributed by atoms with E-state index < -0.39 is 6.10 Å². The van der Waals surface area contributed by atoms with Crippen LogP contribution in [-0.2, 0) is 14.3 Å². The van der Waals surface area contributed by atoms with Gasteiger partial charge in [0.1, 0.15) is 5.69 Å². The van der Waals surface area contributed by atoms with E-state index in [-0.39, 0.29) is 5.91 Å². The number of carbonyl (C=O) groups is 1. The van der Waals surface area contributed by atoms with Gasteiger partial charge in [-0.05, 0) is 48.0 Å². The zero-order valence-electron chi connectivity index (χ0n) is 24.6. The van der Waals surface area contributed by atoms with Crippen LogP contribution in [-0.4, -0.2) is 58.7 Å². The van der Waals surface area contributed by atoms with Crippen molar-refractivity contribution >= 4 is 45.2 Å². The highest BCUT2D eigenvalue weighted by atomic mass is 32.1. The highest BCUT2D eigenvalue weighted by Crippen LogP contribution is 2.35. The molecule has 0 radical (unpaired) electrons. The summed E-state index contributed by atoms with van der Waals surface area (Å²) < 4.78 is 13.0. The lowest BCUT2D eigenvalue weighted by Gasteiger charge is -2.28. The molecule has 6 aromatic rings. The molecule has 0 bridgehead atoms. The van der Waals surface area contributed by atoms with Gasteiger partial charge in [0.05, 0.1) is 24.6 Å². The second-order valence-corrected chi connectivity index (χ2v) is 11.4. The van der Waals surface area contributed by atoms with E-state index in [0.717, 1.165) is 65.2 Å². The lowest BCUT2D eigenvalue weighted by molar-refractivity contribution is -0.126. The van der Waals surface area contributed by atoms with Gasteiger partial charge in [-0.1, -0.05) is 42.5 Å². The van der Waals surface area contributed by atoms with Crippen molar-refractivity contribution in [2.75, 3.05) is 48.9 Å². The summed E-state index contributed by atoms with van der Waals surface area (Å²) in [6, 6.07) is 27.2. The third-order valence-corrected chi connectivity index (χ3v) is 8.40. The predicted octanol–water partition coefficient (Wildman–Crippen LogP) is 6.43. The largest absolute Gasteiger partial charge is 0.378 e. The van der Waals surface area contributed by atoms with Gasteiger partial charge < -0.3 is 25.0 Å². The Hall–Kier alpha value is -5.10. The summed E-state index contributed by atoms with van der Waals surface area (Å²) in [5.74, 6) is 0.228. The van der Waals surface area contributed by atoms with E-state index in [1.54, 1.807) is 17.5 Å². The molecule has 3 aromatic carbocycles. The first kappa shape index (κ1) is 28.7. The van der Waals surface area contributed by atoms with Crippen LogP contribution in [0.4, 0.5) is 23.0 Å². The molecule has 2 N–H and O–H groups in total. The normalized spacial score (nSPS) is 13.9. The number of amides is 1.